The van der Waals surface area contributed by atoms with Crippen LogP contribution in [0.4, 0.5) is 5.95 Å². The minimum Gasteiger partial charge on any atom is -0.378 e. The Morgan fingerprint density at radius 2 is 1.92 bits per heavy atom. The monoisotopic (exact) mass is 332 g/mol. The van der Waals surface area contributed by atoms with Crippen LogP contribution in [0.5, 0.6) is 0 Å². The molecule has 3 heterocycles. The standard InChI is InChI=1S/C18H28N4O2/c1-3-5-14(6-4-2)17(23)22-12-15-11-19-18(20-16(15)13-22)21-7-9-24-10-8-21/h11,14H,3-10,12-13H2,1-2H3. The van der Waals surface area contributed by atoms with Crippen molar-refractivity contribution in [1.82, 2.24) is 14.9 Å². The van der Waals surface area contributed by atoms with Crippen LogP contribution in [0, 0.1) is 5.92 Å². The van der Waals surface area contributed by atoms with Gasteiger partial charge in [-0.2, -0.15) is 0 Å². The maximum atomic E-state index is 12.8. The maximum Gasteiger partial charge on any atom is 0.226 e. The van der Waals surface area contributed by atoms with Gasteiger partial charge in [0.25, 0.3) is 0 Å². The van der Waals surface area contributed by atoms with Crippen LogP contribution in [0.25, 0.3) is 0 Å². The van der Waals surface area contributed by atoms with Gasteiger partial charge < -0.3 is 14.5 Å². The van der Waals surface area contributed by atoms with E-state index in [0.717, 1.165) is 69.2 Å². The molecular formula is C18H28N4O2. The molecule has 0 unspecified atom stereocenters. The van der Waals surface area contributed by atoms with Gasteiger partial charge in [0, 0.05) is 37.3 Å². The highest BCUT2D eigenvalue weighted by Gasteiger charge is 2.30. The summed E-state index contributed by atoms with van der Waals surface area (Å²) in [6.07, 6.45) is 5.96. The van der Waals surface area contributed by atoms with Crippen molar-refractivity contribution in [1.29, 1.82) is 0 Å². The van der Waals surface area contributed by atoms with Gasteiger partial charge in [-0.15, -0.1) is 0 Å². The lowest BCUT2D eigenvalue weighted by Gasteiger charge is -2.26. The van der Waals surface area contributed by atoms with Gasteiger partial charge in [-0.25, -0.2) is 9.97 Å². The predicted octanol–water partition coefficient (Wildman–Crippen LogP) is 2.37. The fourth-order valence-corrected chi connectivity index (χ4v) is 3.56. The molecule has 6 heteroatoms. The van der Waals surface area contributed by atoms with E-state index in [4.69, 9.17) is 9.72 Å². The van der Waals surface area contributed by atoms with Crippen molar-refractivity contribution in [3.8, 4) is 0 Å². The Balaban J connectivity index is 1.68. The highest BCUT2D eigenvalue weighted by molar-refractivity contribution is 5.79. The molecule has 1 aromatic rings. The number of nitrogens with zero attached hydrogens (tertiary/aromatic N) is 4. The number of carbonyl (C=O) groups excluding carboxylic acids is 1. The Morgan fingerprint density at radius 3 is 2.58 bits per heavy atom. The van der Waals surface area contributed by atoms with E-state index in [-0.39, 0.29) is 11.8 Å². The van der Waals surface area contributed by atoms with E-state index < -0.39 is 0 Å². The summed E-state index contributed by atoms with van der Waals surface area (Å²) in [5.41, 5.74) is 2.10. The summed E-state index contributed by atoms with van der Waals surface area (Å²) in [5.74, 6) is 1.20. The van der Waals surface area contributed by atoms with Crippen molar-refractivity contribution in [3.63, 3.8) is 0 Å². The number of rotatable bonds is 6. The van der Waals surface area contributed by atoms with E-state index in [9.17, 15) is 4.79 Å². The lowest BCUT2D eigenvalue weighted by atomic mass is 9.97. The zero-order valence-corrected chi connectivity index (χ0v) is 14.8. The summed E-state index contributed by atoms with van der Waals surface area (Å²) < 4.78 is 5.38. The zero-order valence-electron chi connectivity index (χ0n) is 14.8. The third-order valence-corrected chi connectivity index (χ3v) is 4.87. The van der Waals surface area contributed by atoms with Crippen molar-refractivity contribution in [2.24, 2.45) is 5.92 Å². The first kappa shape index (κ1) is 17.1. The van der Waals surface area contributed by atoms with Crippen LogP contribution in [0.2, 0.25) is 0 Å². The molecule has 132 valence electrons. The maximum absolute atomic E-state index is 12.8. The van der Waals surface area contributed by atoms with Gasteiger partial charge in [0.05, 0.1) is 25.5 Å². The number of hydrogen-bond donors (Lipinski definition) is 0. The van der Waals surface area contributed by atoms with E-state index in [1.54, 1.807) is 0 Å². The molecule has 24 heavy (non-hydrogen) atoms. The molecule has 0 radical (unpaired) electrons. The molecule has 2 aliphatic heterocycles. The van der Waals surface area contributed by atoms with Crippen molar-refractivity contribution in [3.05, 3.63) is 17.5 Å². The van der Waals surface area contributed by atoms with Crippen LogP contribution < -0.4 is 4.90 Å². The summed E-state index contributed by atoms with van der Waals surface area (Å²) in [6.45, 7) is 8.68. The van der Waals surface area contributed by atoms with Crippen LogP contribution in [0.3, 0.4) is 0 Å². The number of fused-ring (bicyclic) bond motifs is 1. The molecule has 1 saturated heterocycles. The molecule has 0 atom stereocenters. The Bertz CT molecular complexity index is 566. The highest BCUT2D eigenvalue weighted by atomic mass is 16.5. The number of ether oxygens (including phenoxy) is 1. The Morgan fingerprint density at radius 1 is 1.21 bits per heavy atom. The van der Waals surface area contributed by atoms with Crippen LogP contribution in [-0.4, -0.2) is 47.1 Å². The predicted molar refractivity (Wildman–Crippen MR) is 92.6 cm³/mol. The minimum absolute atomic E-state index is 0.154. The Kier molecular flexibility index (Phi) is 5.66. The lowest BCUT2D eigenvalue weighted by molar-refractivity contribution is -0.136. The van der Waals surface area contributed by atoms with E-state index >= 15 is 0 Å². The van der Waals surface area contributed by atoms with Gasteiger partial charge in [0.15, 0.2) is 0 Å². The SMILES string of the molecule is CCCC(CCC)C(=O)N1Cc2cnc(N3CCOCC3)nc2C1. The normalized spacial score (nSPS) is 17.5. The summed E-state index contributed by atoms with van der Waals surface area (Å²) in [7, 11) is 0. The second-order valence-electron chi connectivity index (χ2n) is 6.71. The number of morpholine rings is 1. The number of aromatic nitrogens is 2. The van der Waals surface area contributed by atoms with Crippen molar-refractivity contribution in [2.45, 2.75) is 52.6 Å². The van der Waals surface area contributed by atoms with E-state index in [0.29, 0.717) is 13.1 Å². The molecule has 2 aliphatic rings. The first-order chi connectivity index (χ1) is 11.7. The summed E-state index contributed by atoms with van der Waals surface area (Å²) in [5, 5.41) is 0. The Labute approximate surface area is 144 Å². The third-order valence-electron chi connectivity index (χ3n) is 4.87. The number of carbonyl (C=O) groups is 1. The minimum atomic E-state index is 0.154. The van der Waals surface area contributed by atoms with E-state index in [2.05, 4.69) is 23.7 Å². The zero-order chi connectivity index (χ0) is 16.9. The second kappa shape index (κ2) is 7.92. The summed E-state index contributed by atoms with van der Waals surface area (Å²) >= 11 is 0. The topological polar surface area (TPSA) is 58.6 Å². The quantitative estimate of drug-likeness (QED) is 0.800. The number of anilines is 1. The molecule has 0 aliphatic carbocycles. The van der Waals surface area contributed by atoms with Crippen molar-refractivity contribution >= 4 is 11.9 Å². The number of amides is 1. The molecular weight excluding hydrogens is 304 g/mol. The molecule has 1 aromatic heterocycles. The highest BCUT2D eigenvalue weighted by Crippen LogP contribution is 2.26. The molecule has 1 amide bonds. The fourth-order valence-electron chi connectivity index (χ4n) is 3.56. The van der Waals surface area contributed by atoms with Gasteiger partial charge in [-0.05, 0) is 12.8 Å². The van der Waals surface area contributed by atoms with E-state index in [1.807, 2.05) is 11.1 Å². The smallest absolute Gasteiger partial charge is 0.226 e. The molecule has 0 bridgehead atoms. The van der Waals surface area contributed by atoms with E-state index in [1.165, 1.54) is 0 Å². The Hall–Kier alpha value is -1.69. The van der Waals surface area contributed by atoms with Crippen LogP contribution in [0.1, 0.15) is 50.8 Å². The average molecular weight is 332 g/mol. The van der Waals surface area contributed by atoms with Crippen molar-refractivity contribution in [2.75, 3.05) is 31.2 Å². The van der Waals surface area contributed by atoms with Gasteiger partial charge >= 0.3 is 0 Å². The molecule has 0 saturated carbocycles. The van der Waals surface area contributed by atoms with Gasteiger partial charge in [-0.3, -0.25) is 4.79 Å². The molecule has 6 nitrogen and oxygen atoms in total. The molecule has 0 N–H and O–H groups in total. The fraction of sp³-hybridized carbons (Fsp3) is 0.722. The van der Waals surface area contributed by atoms with Gasteiger partial charge in [-0.1, -0.05) is 26.7 Å². The summed E-state index contributed by atoms with van der Waals surface area (Å²) in [4.78, 5) is 26.2. The van der Waals surface area contributed by atoms with Gasteiger partial charge in [0.2, 0.25) is 11.9 Å². The summed E-state index contributed by atoms with van der Waals surface area (Å²) in [6, 6.07) is 0. The van der Waals surface area contributed by atoms with Crippen LogP contribution in [0.15, 0.2) is 6.20 Å². The second-order valence-corrected chi connectivity index (χ2v) is 6.71. The number of hydrogen-bond acceptors (Lipinski definition) is 5. The molecule has 0 aromatic carbocycles. The van der Waals surface area contributed by atoms with Crippen molar-refractivity contribution < 1.29 is 9.53 Å². The average Bonchev–Trinajstić information content (AvgIpc) is 3.05. The van der Waals surface area contributed by atoms with Crippen LogP contribution >= 0.6 is 0 Å². The molecule has 3 rings (SSSR count). The third kappa shape index (κ3) is 3.69. The van der Waals surface area contributed by atoms with Gasteiger partial charge in [0.1, 0.15) is 0 Å². The first-order valence-corrected chi connectivity index (χ1v) is 9.19. The lowest BCUT2D eigenvalue weighted by Crippen LogP contribution is -2.37. The largest absolute Gasteiger partial charge is 0.378 e. The molecule has 1 fully saturated rings. The molecule has 0 spiro atoms. The van der Waals surface area contributed by atoms with Crippen LogP contribution in [-0.2, 0) is 22.6 Å². The first-order valence-electron chi connectivity index (χ1n) is 9.19.